The number of hydrogen-bond acceptors (Lipinski definition) is 5. The molecule has 0 aliphatic rings. The van der Waals surface area contributed by atoms with Crippen LogP contribution in [-0.4, -0.2) is 23.6 Å². The number of anilines is 1. The van der Waals surface area contributed by atoms with Gasteiger partial charge in [0.1, 0.15) is 11.5 Å². The Morgan fingerprint density at radius 2 is 2.11 bits per heavy atom. The van der Waals surface area contributed by atoms with Crippen molar-refractivity contribution in [2.45, 2.75) is 32.8 Å². The molecule has 3 aromatic rings. The monoisotopic (exact) mass is 448 g/mol. The van der Waals surface area contributed by atoms with E-state index in [1.807, 2.05) is 42.5 Å². The lowest BCUT2D eigenvalue weighted by Gasteiger charge is -2.13. The zero-order chi connectivity index (χ0) is 19.2. The van der Waals surface area contributed by atoms with E-state index < -0.39 is 6.10 Å². The van der Waals surface area contributed by atoms with Crippen LogP contribution in [0.15, 0.2) is 46.9 Å². The SMILES string of the molecule is CCCCOc1ccc2nc(NC(=O)C(C)Oc3cccc(Br)c3)sc2c1. The number of halogens is 1. The van der Waals surface area contributed by atoms with Gasteiger partial charge in [0.2, 0.25) is 0 Å². The lowest BCUT2D eigenvalue weighted by Crippen LogP contribution is -2.30. The van der Waals surface area contributed by atoms with Gasteiger partial charge in [-0.05, 0) is 49.7 Å². The third-order valence-electron chi connectivity index (χ3n) is 3.83. The third kappa shape index (κ3) is 5.43. The van der Waals surface area contributed by atoms with Crippen LogP contribution in [0.3, 0.4) is 0 Å². The molecule has 0 saturated carbocycles. The fourth-order valence-electron chi connectivity index (χ4n) is 2.39. The number of benzene rings is 2. The van der Waals surface area contributed by atoms with E-state index in [0.29, 0.717) is 17.5 Å². The predicted molar refractivity (Wildman–Crippen MR) is 113 cm³/mol. The average molecular weight is 449 g/mol. The fourth-order valence-corrected chi connectivity index (χ4v) is 3.66. The summed E-state index contributed by atoms with van der Waals surface area (Å²) in [5, 5.41) is 3.38. The maximum atomic E-state index is 12.4. The Kier molecular flexibility index (Phi) is 6.68. The lowest BCUT2D eigenvalue weighted by atomic mass is 10.3. The number of carbonyl (C=O) groups is 1. The van der Waals surface area contributed by atoms with Crippen molar-refractivity contribution in [1.82, 2.24) is 4.98 Å². The molecule has 1 heterocycles. The van der Waals surface area contributed by atoms with Crippen molar-refractivity contribution in [2.24, 2.45) is 0 Å². The highest BCUT2D eigenvalue weighted by molar-refractivity contribution is 9.10. The van der Waals surface area contributed by atoms with E-state index in [9.17, 15) is 4.79 Å². The van der Waals surface area contributed by atoms with Gasteiger partial charge in [-0.25, -0.2) is 4.98 Å². The molecule has 5 nitrogen and oxygen atoms in total. The van der Waals surface area contributed by atoms with Crippen LogP contribution < -0.4 is 14.8 Å². The number of aromatic nitrogens is 1. The molecule has 27 heavy (non-hydrogen) atoms. The van der Waals surface area contributed by atoms with Crippen molar-refractivity contribution in [3.8, 4) is 11.5 Å². The van der Waals surface area contributed by atoms with Crippen LogP contribution >= 0.6 is 27.3 Å². The van der Waals surface area contributed by atoms with Gasteiger partial charge in [0.15, 0.2) is 11.2 Å². The van der Waals surface area contributed by atoms with E-state index in [-0.39, 0.29) is 5.91 Å². The number of hydrogen-bond donors (Lipinski definition) is 1. The summed E-state index contributed by atoms with van der Waals surface area (Å²) in [6, 6.07) is 13.2. The minimum absolute atomic E-state index is 0.242. The number of ether oxygens (including phenoxy) is 2. The molecule has 0 bridgehead atoms. The topological polar surface area (TPSA) is 60.5 Å². The molecule has 1 N–H and O–H groups in total. The van der Waals surface area contributed by atoms with E-state index in [1.165, 1.54) is 11.3 Å². The largest absolute Gasteiger partial charge is 0.494 e. The second kappa shape index (κ2) is 9.19. The highest BCUT2D eigenvalue weighted by Crippen LogP contribution is 2.29. The van der Waals surface area contributed by atoms with E-state index in [2.05, 4.69) is 33.2 Å². The second-order valence-corrected chi connectivity index (χ2v) is 8.00. The summed E-state index contributed by atoms with van der Waals surface area (Å²) >= 11 is 4.81. The highest BCUT2D eigenvalue weighted by Gasteiger charge is 2.17. The molecule has 3 rings (SSSR count). The fraction of sp³-hybridized carbons (Fsp3) is 0.300. The summed E-state index contributed by atoms with van der Waals surface area (Å²) in [5.74, 6) is 1.21. The molecule has 142 valence electrons. The molecule has 2 aromatic carbocycles. The van der Waals surface area contributed by atoms with Crippen molar-refractivity contribution in [3.63, 3.8) is 0 Å². The number of nitrogens with zero attached hydrogens (tertiary/aromatic N) is 1. The number of carbonyl (C=O) groups excluding carboxylic acids is 1. The van der Waals surface area contributed by atoms with Crippen molar-refractivity contribution in [2.75, 3.05) is 11.9 Å². The maximum absolute atomic E-state index is 12.4. The predicted octanol–water partition coefficient (Wildman–Crippen LogP) is 5.64. The van der Waals surface area contributed by atoms with Gasteiger partial charge in [0.05, 0.1) is 16.8 Å². The zero-order valence-corrected chi connectivity index (χ0v) is 17.6. The van der Waals surface area contributed by atoms with Gasteiger partial charge in [0, 0.05) is 4.47 Å². The summed E-state index contributed by atoms with van der Waals surface area (Å²) in [6.07, 6.45) is 1.48. The number of amides is 1. The lowest BCUT2D eigenvalue weighted by molar-refractivity contribution is -0.122. The minimum atomic E-state index is -0.640. The Hall–Kier alpha value is -2.12. The van der Waals surface area contributed by atoms with E-state index >= 15 is 0 Å². The zero-order valence-electron chi connectivity index (χ0n) is 15.2. The van der Waals surface area contributed by atoms with Gasteiger partial charge < -0.3 is 9.47 Å². The van der Waals surface area contributed by atoms with Gasteiger partial charge in [0.25, 0.3) is 5.91 Å². The smallest absolute Gasteiger partial charge is 0.266 e. The number of fused-ring (bicyclic) bond motifs is 1. The van der Waals surface area contributed by atoms with Gasteiger partial charge in [-0.1, -0.05) is 46.7 Å². The van der Waals surface area contributed by atoms with Gasteiger partial charge >= 0.3 is 0 Å². The first kappa shape index (κ1) is 19.6. The van der Waals surface area contributed by atoms with Crippen LogP contribution in [0.5, 0.6) is 11.5 Å². The highest BCUT2D eigenvalue weighted by atomic mass is 79.9. The molecule has 0 spiro atoms. The summed E-state index contributed by atoms with van der Waals surface area (Å²) in [5.41, 5.74) is 0.832. The van der Waals surface area contributed by atoms with Crippen molar-refractivity contribution in [1.29, 1.82) is 0 Å². The number of thiazole rings is 1. The maximum Gasteiger partial charge on any atom is 0.266 e. The quantitative estimate of drug-likeness (QED) is 0.452. The molecular formula is C20H21BrN2O3S. The van der Waals surface area contributed by atoms with Crippen molar-refractivity contribution >= 4 is 48.5 Å². The summed E-state index contributed by atoms with van der Waals surface area (Å²) in [4.78, 5) is 16.9. The van der Waals surface area contributed by atoms with Crippen LogP contribution in [0.4, 0.5) is 5.13 Å². The Morgan fingerprint density at radius 1 is 1.26 bits per heavy atom. The number of unbranched alkanes of at least 4 members (excludes halogenated alkanes) is 1. The molecule has 0 saturated heterocycles. The average Bonchev–Trinajstić information content (AvgIpc) is 3.03. The number of rotatable bonds is 8. The molecule has 0 aliphatic heterocycles. The molecule has 0 fully saturated rings. The molecule has 0 radical (unpaired) electrons. The molecule has 0 aliphatic carbocycles. The van der Waals surface area contributed by atoms with Crippen LogP contribution in [0.2, 0.25) is 0 Å². The molecular weight excluding hydrogens is 428 g/mol. The van der Waals surface area contributed by atoms with Crippen molar-refractivity contribution < 1.29 is 14.3 Å². The van der Waals surface area contributed by atoms with Crippen molar-refractivity contribution in [3.05, 3.63) is 46.9 Å². The molecule has 1 aromatic heterocycles. The molecule has 1 atom stereocenters. The van der Waals surface area contributed by atoms with Gasteiger partial charge in [-0.3, -0.25) is 10.1 Å². The first-order valence-electron chi connectivity index (χ1n) is 8.81. The first-order valence-corrected chi connectivity index (χ1v) is 10.4. The summed E-state index contributed by atoms with van der Waals surface area (Å²) < 4.78 is 13.3. The standard InChI is InChI=1S/C20H21BrN2O3S/c1-3-4-10-25-15-8-9-17-18(12-15)27-20(22-17)23-19(24)13(2)26-16-7-5-6-14(21)11-16/h5-9,11-13H,3-4,10H2,1-2H3,(H,22,23,24). The van der Waals surface area contributed by atoms with Gasteiger partial charge in [-0.15, -0.1) is 0 Å². The Balaban J connectivity index is 1.63. The number of nitrogens with one attached hydrogen (secondary N) is 1. The minimum Gasteiger partial charge on any atom is -0.494 e. The van der Waals surface area contributed by atoms with Gasteiger partial charge in [-0.2, -0.15) is 0 Å². The summed E-state index contributed by atoms with van der Waals surface area (Å²) in [7, 11) is 0. The second-order valence-electron chi connectivity index (χ2n) is 6.06. The van der Waals surface area contributed by atoms with Crippen LogP contribution in [-0.2, 0) is 4.79 Å². The van der Waals surface area contributed by atoms with Crippen LogP contribution in [0.1, 0.15) is 26.7 Å². The van der Waals surface area contributed by atoms with E-state index in [4.69, 9.17) is 9.47 Å². The molecule has 7 heteroatoms. The molecule has 1 amide bonds. The van der Waals surface area contributed by atoms with E-state index in [0.717, 1.165) is 33.3 Å². The molecule has 1 unspecified atom stereocenters. The Bertz CT molecular complexity index is 928. The Labute approximate surface area is 170 Å². The van der Waals surface area contributed by atoms with E-state index in [1.54, 1.807) is 6.92 Å². The van der Waals surface area contributed by atoms with Crippen LogP contribution in [0, 0.1) is 0 Å². The normalized spacial score (nSPS) is 12.0. The van der Waals surface area contributed by atoms with Crippen LogP contribution in [0.25, 0.3) is 10.2 Å². The third-order valence-corrected chi connectivity index (χ3v) is 5.26. The first-order chi connectivity index (χ1) is 13.0. The summed E-state index contributed by atoms with van der Waals surface area (Å²) in [6.45, 7) is 4.55. The Morgan fingerprint density at radius 3 is 2.89 bits per heavy atom.